The fraction of sp³-hybridized carbons (Fsp3) is 0.143. The van der Waals surface area contributed by atoms with Crippen LogP contribution in [-0.2, 0) is 0 Å². The summed E-state index contributed by atoms with van der Waals surface area (Å²) < 4.78 is 1.10. The molecule has 0 spiro atoms. The Hall–Kier alpha value is -1.16. The molecule has 3 heteroatoms. The number of aryl methyl sites for hydroxylation is 1. The number of nitrogens with two attached hydrogens (primary N) is 1. The number of hydrogen-bond donors (Lipinski definition) is 2. The topological polar surface area (TPSA) is 38.0 Å². The van der Waals surface area contributed by atoms with Crippen LogP contribution in [0.5, 0.6) is 0 Å². The third-order valence-corrected chi connectivity index (χ3v) is 3.68. The van der Waals surface area contributed by atoms with Gasteiger partial charge in [0, 0.05) is 4.47 Å². The van der Waals surface area contributed by atoms with Crippen molar-refractivity contribution in [3.05, 3.63) is 69.7 Å². The summed E-state index contributed by atoms with van der Waals surface area (Å²) in [6.45, 7) is 2.07. The first-order valence-electron chi connectivity index (χ1n) is 5.49. The molecule has 0 radical (unpaired) electrons. The zero-order chi connectivity index (χ0) is 12.3. The Morgan fingerprint density at radius 2 is 1.76 bits per heavy atom. The molecule has 17 heavy (non-hydrogen) atoms. The van der Waals surface area contributed by atoms with Crippen LogP contribution in [0, 0.1) is 6.92 Å². The van der Waals surface area contributed by atoms with Gasteiger partial charge in [0.25, 0.3) is 0 Å². The van der Waals surface area contributed by atoms with E-state index in [-0.39, 0.29) is 6.04 Å². The van der Waals surface area contributed by atoms with Crippen LogP contribution < -0.4 is 11.3 Å². The van der Waals surface area contributed by atoms with E-state index in [9.17, 15) is 0 Å². The molecular weight excluding hydrogens is 276 g/mol. The summed E-state index contributed by atoms with van der Waals surface area (Å²) in [7, 11) is 0. The fourth-order valence-corrected chi connectivity index (χ4v) is 2.22. The second kappa shape index (κ2) is 5.45. The van der Waals surface area contributed by atoms with Gasteiger partial charge in [0.05, 0.1) is 6.04 Å². The van der Waals surface area contributed by atoms with Crippen molar-refractivity contribution in [2.75, 3.05) is 0 Å². The Kier molecular flexibility index (Phi) is 3.94. The van der Waals surface area contributed by atoms with E-state index in [0.717, 1.165) is 15.6 Å². The zero-order valence-corrected chi connectivity index (χ0v) is 11.2. The minimum absolute atomic E-state index is 0.0214. The number of hydrazine groups is 1. The maximum absolute atomic E-state index is 5.66. The molecule has 0 aliphatic carbocycles. The molecule has 0 saturated carbocycles. The van der Waals surface area contributed by atoms with E-state index in [0.29, 0.717) is 0 Å². The summed E-state index contributed by atoms with van der Waals surface area (Å²) in [4.78, 5) is 0. The number of benzene rings is 2. The molecule has 0 aliphatic heterocycles. The van der Waals surface area contributed by atoms with Crippen molar-refractivity contribution in [3.8, 4) is 0 Å². The second-order valence-corrected chi connectivity index (χ2v) is 4.87. The minimum Gasteiger partial charge on any atom is -0.271 e. The van der Waals surface area contributed by atoms with E-state index >= 15 is 0 Å². The Labute approximate surface area is 110 Å². The Balaban J connectivity index is 2.39. The van der Waals surface area contributed by atoms with E-state index in [1.807, 2.05) is 18.2 Å². The lowest BCUT2D eigenvalue weighted by molar-refractivity contribution is 0.636. The highest BCUT2D eigenvalue weighted by atomic mass is 79.9. The van der Waals surface area contributed by atoms with Gasteiger partial charge in [-0.25, -0.2) is 5.43 Å². The van der Waals surface area contributed by atoms with Crippen LogP contribution >= 0.6 is 15.9 Å². The van der Waals surface area contributed by atoms with Crippen LogP contribution in [0.4, 0.5) is 0 Å². The van der Waals surface area contributed by atoms with Gasteiger partial charge in [0.1, 0.15) is 0 Å². The Morgan fingerprint density at radius 1 is 1.06 bits per heavy atom. The van der Waals surface area contributed by atoms with Crippen molar-refractivity contribution in [2.24, 2.45) is 5.84 Å². The smallest absolute Gasteiger partial charge is 0.0710 e. The highest BCUT2D eigenvalue weighted by Crippen LogP contribution is 2.25. The van der Waals surface area contributed by atoms with Crippen LogP contribution in [0.3, 0.4) is 0 Å². The van der Waals surface area contributed by atoms with Crippen molar-refractivity contribution in [1.29, 1.82) is 0 Å². The molecule has 88 valence electrons. The highest BCUT2D eigenvalue weighted by Gasteiger charge is 2.12. The predicted octanol–water partition coefficient (Wildman–Crippen LogP) is 3.31. The van der Waals surface area contributed by atoms with E-state index < -0.39 is 0 Å². The van der Waals surface area contributed by atoms with Crippen molar-refractivity contribution in [3.63, 3.8) is 0 Å². The molecule has 3 N–H and O–H groups in total. The molecule has 2 nitrogen and oxygen atoms in total. The molecule has 0 heterocycles. The van der Waals surface area contributed by atoms with Gasteiger partial charge in [-0.05, 0) is 29.7 Å². The van der Waals surface area contributed by atoms with Gasteiger partial charge in [0.15, 0.2) is 0 Å². The lowest BCUT2D eigenvalue weighted by Gasteiger charge is -2.17. The summed E-state index contributed by atoms with van der Waals surface area (Å²) >= 11 is 3.55. The van der Waals surface area contributed by atoms with Crippen molar-refractivity contribution < 1.29 is 0 Å². The Morgan fingerprint density at radius 3 is 2.35 bits per heavy atom. The van der Waals surface area contributed by atoms with Gasteiger partial charge in [0.2, 0.25) is 0 Å². The molecule has 0 bridgehead atoms. The second-order valence-electron chi connectivity index (χ2n) is 4.02. The molecule has 0 aromatic heterocycles. The summed E-state index contributed by atoms with van der Waals surface area (Å²) in [6.07, 6.45) is 0. The lowest BCUT2D eigenvalue weighted by atomic mass is 9.98. The largest absolute Gasteiger partial charge is 0.271 e. The maximum atomic E-state index is 5.66. The number of nitrogens with one attached hydrogen (secondary N) is 1. The van der Waals surface area contributed by atoms with Gasteiger partial charge >= 0.3 is 0 Å². The summed E-state index contributed by atoms with van der Waals surface area (Å²) in [5, 5.41) is 0. The molecule has 0 amide bonds. The van der Waals surface area contributed by atoms with Crippen LogP contribution in [0.25, 0.3) is 0 Å². The lowest BCUT2D eigenvalue weighted by Crippen LogP contribution is -2.28. The molecule has 1 atom stereocenters. The van der Waals surface area contributed by atoms with Crippen molar-refractivity contribution >= 4 is 15.9 Å². The summed E-state index contributed by atoms with van der Waals surface area (Å²) in [5.74, 6) is 5.66. The highest BCUT2D eigenvalue weighted by molar-refractivity contribution is 9.10. The monoisotopic (exact) mass is 290 g/mol. The van der Waals surface area contributed by atoms with E-state index in [1.165, 1.54) is 5.56 Å². The Bertz CT molecular complexity index is 497. The molecular formula is C14H15BrN2. The van der Waals surface area contributed by atoms with Gasteiger partial charge in [-0.15, -0.1) is 0 Å². The number of hydrogen-bond acceptors (Lipinski definition) is 2. The van der Waals surface area contributed by atoms with E-state index in [4.69, 9.17) is 5.84 Å². The standard InChI is InChI=1S/C14H15BrN2/c1-10-7-8-12(9-13(10)15)14(17-16)11-5-3-2-4-6-11/h2-9,14,17H,16H2,1H3. The summed E-state index contributed by atoms with van der Waals surface area (Å²) in [5.41, 5.74) is 6.39. The van der Waals surface area contributed by atoms with Gasteiger partial charge in [-0.3, -0.25) is 5.84 Å². The van der Waals surface area contributed by atoms with Crippen molar-refractivity contribution in [1.82, 2.24) is 5.43 Å². The third kappa shape index (κ3) is 2.75. The summed E-state index contributed by atoms with van der Waals surface area (Å²) in [6, 6.07) is 16.5. The van der Waals surface area contributed by atoms with E-state index in [2.05, 4.69) is 58.6 Å². The molecule has 0 fully saturated rings. The zero-order valence-electron chi connectivity index (χ0n) is 9.65. The van der Waals surface area contributed by atoms with Crippen LogP contribution in [-0.4, -0.2) is 0 Å². The molecule has 1 unspecified atom stereocenters. The average Bonchev–Trinajstić information content (AvgIpc) is 2.36. The molecule has 2 aromatic carbocycles. The normalized spacial score (nSPS) is 12.4. The van der Waals surface area contributed by atoms with Crippen LogP contribution in [0.2, 0.25) is 0 Å². The molecule has 0 aliphatic rings. The first kappa shape index (κ1) is 12.3. The van der Waals surface area contributed by atoms with Crippen LogP contribution in [0.15, 0.2) is 53.0 Å². The SMILES string of the molecule is Cc1ccc(C(NN)c2ccccc2)cc1Br. The quantitative estimate of drug-likeness (QED) is 0.672. The van der Waals surface area contributed by atoms with E-state index in [1.54, 1.807) is 0 Å². The fourth-order valence-electron chi connectivity index (χ4n) is 1.82. The van der Waals surface area contributed by atoms with Crippen LogP contribution in [0.1, 0.15) is 22.7 Å². The number of rotatable bonds is 3. The first-order valence-corrected chi connectivity index (χ1v) is 6.29. The minimum atomic E-state index is 0.0214. The van der Waals surface area contributed by atoms with Gasteiger partial charge in [-0.1, -0.05) is 58.4 Å². The van der Waals surface area contributed by atoms with Gasteiger partial charge in [-0.2, -0.15) is 0 Å². The maximum Gasteiger partial charge on any atom is 0.0710 e. The average molecular weight is 291 g/mol. The van der Waals surface area contributed by atoms with Crippen molar-refractivity contribution in [2.45, 2.75) is 13.0 Å². The predicted molar refractivity (Wildman–Crippen MR) is 74.5 cm³/mol. The molecule has 0 saturated heterocycles. The first-order chi connectivity index (χ1) is 8.22. The molecule has 2 rings (SSSR count). The third-order valence-electron chi connectivity index (χ3n) is 2.83. The van der Waals surface area contributed by atoms with Gasteiger partial charge < -0.3 is 0 Å². The number of halogens is 1. The molecule has 2 aromatic rings.